The Morgan fingerprint density at radius 2 is 2.17 bits per heavy atom. The monoisotopic (exact) mass is 312 g/mol. The zero-order chi connectivity index (χ0) is 13.0. The number of rotatable bonds is 6. The van der Waals surface area contributed by atoms with E-state index in [9.17, 15) is 0 Å². The van der Waals surface area contributed by atoms with Crippen LogP contribution in [-0.2, 0) is 11.2 Å². The Kier molecular flexibility index (Phi) is 4.66. The van der Waals surface area contributed by atoms with Crippen molar-refractivity contribution >= 4 is 26.9 Å². The number of hydrogen-bond donors (Lipinski definition) is 0. The topological polar surface area (TPSA) is 31.6 Å². The first kappa shape index (κ1) is 13.4. The first-order valence-electron chi connectivity index (χ1n) is 6.08. The normalized spacial score (nSPS) is 11.1. The van der Waals surface area contributed by atoms with E-state index < -0.39 is 0 Å². The lowest BCUT2D eigenvalue weighted by molar-refractivity contribution is 0.172. The highest BCUT2D eigenvalue weighted by atomic mass is 79.9. The smallest absolute Gasteiger partial charge is 0.152 e. The lowest BCUT2D eigenvalue weighted by atomic mass is 10.1. The van der Waals surface area contributed by atoms with Gasteiger partial charge < -0.3 is 13.9 Å². The summed E-state index contributed by atoms with van der Waals surface area (Å²) in [6.07, 6.45) is 3.51. The molecule has 0 spiro atoms. The first-order chi connectivity index (χ1) is 8.77. The summed E-state index contributed by atoms with van der Waals surface area (Å²) in [6.45, 7) is 3.48. The number of benzene rings is 1. The molecule has 2 aromatic rings. The lowest BCUT2D eigenvalue weighted by Gasteiger charge is -2.10. The Morgan fingerprint density at radius 3 is 2.89 bits per heavy atom. The minimum absolute atomic E-state index is 0.652. The predicted octanol–water partition coefficient (Wildman–Crippen LogP) is 4.17. The minimum atomic E-state index is 0.652. The minimum Gasteiger partial charge on any atom is -0.493 e. The maximum absolute atomic E-state index is 5.82. The van der Waals surface area contributed by atoms with Crippen molar-refractivity contribution in [3.8, 4) is 5.75 Å². The highest BCUT2D eigenvalue weighted by Gasteiger charge is 2.12. The summed E-state index contributed by atoms with van der Waals surface area (Å²) in [5.74, 6) is 0.884. The summed E-state index contributed by atoms with van der Waals surface area (Å²) in [6, 6.07) is 4.01. The molecule has 1 heterocycles. The molecule has 0 saturated carbocycles. The van der Waals surface area contributed by atoms with Gasteiger partial charge in [0.05, 0.1) is 22.7 Å². The lowest BCUT2D eigenvalue weighted by Crippen LogP contribution is -2.02. The Morgan fingerprint density at radius 1 is 1.33 bits per heavy atom. The number of ether oxygens (including phenoxy) is 2. The molecule has 0 aliphatic carbocycles. The van der Waals surface area contributed by atoms with Crippen LogP contribution >= 0.6 is 15.9 Å². The molecule has 0 aliphatic rings. The molecule has 0 atom stereocenters. The Bertz CT molecular complexity index is 519. The molecule has 0 N–H and O–H groups in total. The molecule has 1 aromatic carbocycles. The maximum atomic E-state index is 5.82. The van der Waals surface area contributed by atoms with E-state index in [0.717, 1.165) is 34.0 Å². The zero-order valence-corrected chi connectivity index (χ0v) is 12.2. The molecule has 0 bridgehead atoms. The molecule has 0 amide bonds. The fourth-order valence-corrected chi connectivity index (χ4v) is 2.58. The molecule has 0 aliphatic heterocycles. The molecule has 0 radical (unpaired) electrons. The average Bonchev–Trinajstić information content (AvgIpc) is 2.87. The van der Waals surface area contributed by atoms with Crippen molar-refractivity contribution in [3.05, 3.63) is 28.4 Å². The van der Waals surface area contributed by atoms with Gasteiger partial charge in [-0.15, -0.1) is 0 Å². The van der Waals surface area contributed by atoms with Crippen molar-refractivity contribution in [2.24, 2.45) is 0 Å². The third-order valence-electron chi connectivity index (χ3n) is 2.85. The second-order valence-electron chi connectivity index (χ2n) is 4.06. The fourth-order valence-electron chi connectivity index (χ4n) is 1.88. The Balaban J connectivity index is 2.25. The van der Waals surface area contributed by atoms with Crippen molar-refractivity contribution in [1.82, 2.24) is 0 Å². The summed E-state index contributed by atoms with van der Waals surface area (Å²) in [4.78, 5) is 0. The van der Waals surface area contributed by atoms with Gasteiger partial charge in [0, 0.05) is 20.1 Å². The van der Waals surface area contributed by atoms with Crippen LogP contribution in [0.4, 0.5) is 0 Å². The molecule has 0 saturated heterocycles. The van der Waals surface area contributed by atoms with Gasteiger partial charge in [0.1, 0.15) is 5.75 Å². The summed E-state index contributed by atoms with van der Waals surface area (Å²) in [5.41, 5.74) is 2.05. The van der Waals surface area contributed by atoms with Crippen molar-refractivity contribution in [1.29, 1.82) is 0 Å². The number of furan rings is 1. The van der Waals surface area contributed by atoms with E-state index in [1.54, 1.807) is 13.4 Å². The molecule has 3 nitrogen and oxygen atoms in total. The van der Waals surface area contributed by atoms with E-state index >= 15 is 0 Å². The molecule has 0 unspecified atom stereocenters. The summed E-state index contributed by atoms with van der Waals surface area (Å²) in [7, 11) is 1.70. The highest BCUT2D eigenvalue weighted by Crippen LogP contribution is 2.36. The molecule has 98 valence electrons. The SMILES string of the molecule is CCc1cc(OCCCOC)c2ccoc2c1Br. The highest BCUT2D eigenvalue weighted by molar-refractivity contribution is 9.10. The number of aryl methyl sites for hydroxylation is 1. The predicted molar refractivity (Wildman–Crippen MR) is 75.3 cm³/mol. The van der Waals surface area contributed by atoms with Crippen molar-refractivity contribution < 1.29 is 13.9 Å². The van der Waals surface area contributed by atoms with Crippen LogP contribution in [0.3, 0.4) is 0 Å². The molecular formula is C14H17BrO3. The van der Waals surface area contributed by atoms with Gasteiger partial charge in [-0.3, -0.25) is 0 Å². The van der Waals surface area contributed by atoms with Crippen molar-refractivity contribution in [3.63, 3.8) is 0 Å². The standard InChI is InChI=1S/C14H17BrO3/c1-3-10-9-12(17-7-4-6-16-2)11-5-8-18-14(11)13(10)15/h5,8-9H,3-4,6-7H2,1-2H3. The van der Waals surface area contributed by atoms with E-state index in [2.05, 4.69) is 28.9 Å². The third-order valence-corrected chi connectivity index (χ3v) is 3.72. The number of fused-ring (bicyclic) bond motifs is 1. The van der Waals surface area contributed by atoms with Crippen LogP contribution in [-0.4, -0.2) is 20.3 Å². The summed E-state index contributed by atoms with van der Waals surface area (Å²) < 4.78 is 17.4. The maximum Gasteiger partial charge on any atom is 0.152 e. The summed E-state index contributed by atoms with van der Waals surface area (Å²) in [5, 5.41) is 1.01. The quantitative estimate of drug-likeness (QED) is 0.750. The van der Waals surface area contributed by atoms with Gasteiger partial charge in [-0.1, -0.05) is 6.92 Å². The van der Waals surface area contributed by atoms with Gasteiger partial charge in [-0.25, -0.2) is 0 Å². The van der Waals surface area contributed by atoms with E-state index in [-0.39, 0.29) is 0 Å². The van der Waals surface area contributed by atoms with Crippen LogP contribution in [0.5, 0.6) is 5.75 Å². The first-order valence-corrected chi connectivity index (χ1v) is 6.87. The van der Waals surface area contributed by atoms with Gasteiger partial charge in [0.2, 0.25) is 0 Å². The Hall–Kier alpha value is -1.00. The zero-order valence-electron chi connectivity index (χ0n) is 10.7. The van der Waals surface area contributed by atoms with Gasteiger partial charge in [-0.05, 0) is 40.0 Å². The molecule has 1 aromatic heterocycles. The van der Waals surface area contributed by atoms with Crippen LogP contribution in [0, 0.1) is 0 Å². The van der Waals surface area contributed by atoms with Crippen LogP contribution in [0.2, 0.25) is 0 Å². The fraction of sp³-hybridized carbons (Fsp3) is 0.429. The molecule has 0 fully saturated rings. The second-order valence-corrected chi connectivity index (χ2v) is 4.85. The van der Waals surface area contributed by atoms with Crippen LogP contribution in [0.25, 0.3) is 11.0 Å². The van der Waals surface area contributed by atoms with Gasteiger partial charge in [0.15, 0.2) is 5.58 Å². The van der Waals surface area contributed by atoms with Crippen LogP contribution < -0.4 is 4.74 Å². The summed E-state index contributed by atoms with van der Waals surface area (Å²) >= 11 is 3.58. The van der Waals surface area contributed by atoms with Gasteiger partial charge >= 0.3 is 0 Å². The average molecular weight is 313 g/mol. The molecule has 2 rings (SSSR count). The third kappa shape index (κ3) is 2.70. The second kappa shape index (κ2) is 6.25. The van der Waals surface area contributed by atoms with Gasteiger partial charge in [0.25, 0.3) is 0 Å². The number of hydrogen-bond acceptors (Lipinski definition) is 3. The molecule has 18 heavy (non-hydrogen) atoms. The molecule has 4 heteroatoms. The van der Waals surface area contributed by atoms with E-state index in [0.29, 0.717) is 13.2 Å². The van der Waals surface area contributed by atoms with Crippen molar-refractivity contribution in [2.45, 2.75) is 19.8 Å². The number of halogens is 1. The van der Waals surface area contributed by atoms with Crippen LogP contribution in [0.15, 0.2) is 27.3 Å². The van der Waals surface area contributed by atoms with E-state index in [1.165, 1.54) is 5.56 Å². The Labute approximate surface area is 115 Å². The van der Waals surface area contributed by atoms with Crippen molar-refractivity contribution in [2.75, 3.05) is 20.3 Å². The largest absolute Gasteiger partial charge is 0.493 e. The van der Waals surface area contributed by atoms with E-state index in [4.69, 9.17) is 13.9 Å². The molecular weight excluding hydrogens is 296 g/mol. The van der Waals surface area contributed by atoms with E-state index in [1.807, 2.05) is 6.07 Å². The number of methoxy groups -OCH3 is 1. The van der Waals surface area contributed by atoms with Crippen LogP contribution in [0.1, 0.15) is 18.9 Å². The van der Waals surface area contributed by atoms with Gasteiger partial charge in [-0.2, -0.15) is 0 Å².